The van der Waals surface area contributed by atoms with Crippen LogP contribution in [0.5, 0.6) is 0 Å². The van der Waals surface area contributed by atoms with Crippen LogP contribution in [-0.2, 0) is 11.0 Å². The van der Waals surface area contributed by atoms with E-state index in [2.05, 4.69) is 10.1 Å². The minimum Gasteiger partial charge on any atom is -0.336 e. The van der Waals surface area contributed by atoms with Crippen molar-refractivity contribution in [1.29, 1.82) is 0 Å². The number of carbonyl (C=O) groups is 2. The zero-order valence-corrected chi connectivity index (χ0v) is 17.6. The summed E-state index contributed by atoms with van der Waals surface area (Å²) in [7, 11) is 0. The van der Waals surface area contributed by atoms with Crippen LogP contribution in [0.3, 0.4) is 0 Å². The molecule has 1 amide bonds. The van der Waals surface area contributed by atoms with Crippen LogP contribution < -0.4 is 0 Å². The van der Waals surface area contributed by atoms with Gasteiger partial charge in [-0.2, -0.15) is 18.3 Å². The van der Waals surface area contributed by atoms with Crippen LogP contribution in [-0.4, -0.2) is 49.0 Å². The summed E-state index contributed by atoms with van der Waals surface area (Å²) in [6.07, 6.45) is 2.23. The molecule has 0 spiro atoms. The second kappa shape index (κ2) is 8.25. The van der Waals surface area contributed by atoms with Crippen molar-refractivity contribution < 1.29 is 22.8 Å². The summed E-state index contributed by atoms with van der Waals surface area (Å²) in [6, 6.07) is 4.93. The van der Waals surface area contributed by atoms with Crippen molar-refractivity contribution in [2.24, 2.45) is 0 Å². The molecule has 0 radical (unpaired) electrons. The predicted octanol–water partition coefficient (Wildman–Crippen LogP) is 3.75. The quantitative estimate of drug-likeness (QED) is 0.453. The van der Waals surface area contributed by atoms with E-state index in [1.54, 1.807) is 26.4 Å². The number of halogens is 3. The minimum absolute atomic E-state index is 0.129. The van der Waals surface area contributed by atoms with Crippen molar-refractivity contribution in [2.75, 3.05) is 13.1 Å². The zero-order chi connectivity index (χ0) is 23.0. The van der Waals surface area contributed by atoms with Gasteiger partial charge in [-0.3, -0.25) is 9.59 Å². The number of aromatic nitrogens is 4. The lowest BCUT2D eigenvalue weighted by atomic mass is 10.0. The van der Waals surface area contributed by atoms with E-state index in [-0.39, 0.29) is 17.3 Å². The molecule has 10 heteroatoms. The number of rotatable bonds is 4. The number of imidazole rings is 1. The first-order valence-electron chi connectivity index (χ1n) is 10.2. The number of likely N-dealkylation sites (tertiary alicyclic amines) is 1. The molecule has 0 aliphatic carbocycles. The van der Waals surface area contributed by atoms with Crippen LogP contribution >= 0.6 is 0 Å². The van der Waals surface area contributed by atoms with Gasteiger partial charge in [0.1, 0.15) is 0 Å². The average Bonchev–Trinajstić information content (AvgIpc) is 3.41. The Labute approximate surface area is 182 Å². The number of hydrogen-bond donors (Lipinski definition) is 0. The smallest absolute Gasteiger partial charge is 0.336 e. The van der Waals surface area contributed by atoms with Crippen molar-refractivity contribution in [3.05, 3.63) is 65.5 Å². The van der Waals surface area contributed by atoms with Gasteiger partial charge in [-0.05, 0) is 44.9 Å². The van der Waals surface area contributed by atoms with Gasteiger partial charge in [-0.25, -0.2) is 9.67 Å². The highest BCUT2D eigenvalue weighted by Gasteiger charge is 2.33. The fourth-order valence-electron chi connectivity index (χ4n) is 4.14. The number of benzene rings is 1. The first-order chi connectivity index (χ1) is 15.2. The van der Waals surface area contributed by atoms with Gasteiger partial charge < -0.3 is 9.47 Å². The molecule has 1 aromatic carbocycles. The van der Waals surface area contributed by atoms with Gasteiger partial charge in [0.2, 0.25) is 0 Å². The molecule has 0 unspecified atom stereocenters. The summed E-state index contributed by atoms with van der Waals surface area (Å²) < 4.78 is 42.5. The highest BCUT2D eigenvalue weighted by atomic mass is 19.4. The zero-order valence-electron chi connectivity index (χ0n) is 17.6. The van der Waals surface area contributed by atoms with E-state index in [0.717, 1.165) is 12.1 Å². The highest BCUT2D eigenvalue weighted by molar-refractivity contribution is 6.43. The number of ketones is 1. The molecule has 0 saturated carbocycles. The SMILES string of the molecule is Cc1nn(-c2cccc(C(F)(F)F)c2)c(C)c1C(=O)C(=O)N1CCC(n2ccnc2)CC1. The van der Waals surface area contributed by atoms with E-state index >= 15 is 0 Å². The number of carbonyl (C=O) groups excluding carboxylic acids is 2. The molecule has 0 atom stereocenters. The Balaban J connectivity index is 1.54. The molecule has 0 N–H and O–H groups in total. The maximum Gasteiger partial charge on any atom is 0.416 e. The minimum atomic E-state index is -4.50. The number of amides is 1. The Bertz CT molecular complexity index is 1140. The summed E-state index contributed by atoms with van der Waals surface area (Å²) in [6.45, 7) is 4.02. The lowest BCUT2D eigenvalue weighted by molar-refractivity contribution is -0.137. The molecule has 1 aliphatic rings. The molecular weight excluding hydrogens is 423 g/mol. The molecule has 1 saturated heterocycles. The molecule has 32 heavy (non-hydrogen) atoms. The third kappa shape index (κ3) is 4.04. The van der Waals surface area contributed by atoms with Crippen LogP contribution in [0.15, 0.2) is 43.0 Å². The Morgan fingerprint density at radius 3 is 2.47 bits per heavy atom. The van der Waals surface area contributed by atoms with E-state index in [4.69, 9.17) is 0 Å². The lowest BCUT2D eigenvalue weighted by Gasteiger charge is -2.32. The number of aryl methyl sites for hydroxylation is 1. The lowest BCUT2D eigenvalue weighted by Crippen LogP contribution is -2.42. The molecule has 1 aliphatic heterocycles. The third-order valence-corrected chi connectivity index (χ3v) is 5.83. The molecule has 3 aromatic rings. The first-order valence-corrected chi connectivity index (χ1v) is 10.2. The highest BCUT2D eigenvalue weighted by Crippen LogP contribution is 2.31. The number of hydrogen-bond acceptors (Lipinski definition) is 4. The monoisotopic (exact) mass is 445 g/mol. The van der Waals surface area contributed by atoms with Crippen molar-refractivity contribution in [3.63, 3.8) is 0 Å². The van der Waals surface area contributed by atoms with E-state index < -0.39 is 23.4 Å². The summed E-state index contributed by atoms with van der Waals surface area (Å²) in [5, 5.41) is 4.25. The van der Waals surface area contributed by atoms with Gasteiger partial charge in [0, 0.05) is 31.5 Å². The molecule has 0 bridgehead atoms. The third-order valence-electron chi connectivity index (χ3n) is 5.83. The van der Waals surface area contributed by atoms with Crippen molar-refractivity contribution in [1.82, 2.24) is 24.2 Å². The standard InChI is InChI=1S/C22H22F3N5O2/c1-14-19(15(2)30(27-14)18-5-3-4-16(12-18)22(23,24)25)20(31)21(32)28-9-6-17(7-10-28)29-11-8-26-13-29/h3-5,8,11-13,17H,6-7,9-10H2,1-2H3. The van der Waals surface area contributed by atoms with E-state index in [1.165, 1.54) is 21.7 Å². The Hall–Kier alpha value is -3.43. The largest absolute Gasteiger partial charge is 0.416 e. The number of alkyl halides is 3. The first kappa shape index (κ1) is 21.8. The molecule has 4 rings (SSSR count). The molecule has 3 heterocycles. The van der Waals surface area contributed by atoms with Crippen molar-refractivity contribution in [2.45, 2.75) is 38.9 Å². The number of Topliss-reactive ketones (excluding diaryl/α,β-unsaturated/α-hetero) is 1. The summed E-state index contributed by atoms with van der Waals surface area (Å²) in [5.74, 6) is -1.32. The normalized spacial score (nSPS) is 15.2. The molecule has 7 nitrogen and oxygen atoms in total. The van der Waals surface area contributed by atoms with Crippen LogP contribution in [0.4, 0.5) is 13.2 Å². The second-order valence-electron chi connectivity index (χ2n) is 7.87. The summed E-state index contributed by atoms with van der Waals surface area (Å²) >= 11 is 0. The Morgan fingerprint density at radius 2 is 1.84 bits per heavy atom. The fourth-order valence-corrected chi connectivity index (χ4v) is 4.14. The molecule has 1 fully saturated rings. The van der Waals surface area contributed by atoms with Gasteiger partial charge in [-0.1, -0.05) is 6.07 Å². The van der Waals surface area contributed by atoms with Crippen LogP contribution in [0, 0.1) is 13.8 Å². The van der Waals surface area contributed by atoms with Crippen LogP contribution in [0.1, 0.15) is 46.2 Å². The van der Waals surface area contributed by atoms with Crippen LogP contribution in [0.2, 0.25) is 0 Å². The number of piperidine rings is 1. The van der Waals surface area contributed by atoms with Gasteiger partial charge in [0.25, 0.3) is 11.7 Å². The van der Waals surface area contributed by atoms with Gasteiger partial charge in [0.05, 0.1) is 34.5 Å². The Morgan fingerprint density at radius 1 is 1.12 bits per heavy atom. The van der Waals surface area contributed by atoms with E-state index in [0.29, 0.717) is 37.3 Å². The maximum atomic E-state index is 13.1. The molecular formula is C22H22F3N5O2. The van der Waals surface area contributed by atoms with Crippen LogP contribution in [0.25, 0.3) is 5.69 Å². The van der Waals surface area contributed by atoms with Gasteiger partial charge in [-0.15, -0.1) is 0 Å². The topological polar surface area (TPSA) is 73.0 Å². The van der Waals surface area contributed by atoms with Crippen molar-refractivity contribution >= 4 is 11.7 Å². The van der Waals surface area contributed by atoms with Gasteiger partial charge >= 0.3 is 6.18 Å². The van der Waals surface area contributed by atoms with Gasteiger partial charge in [0.15, 0.2) is 0 Å². The van der Waals surface area contributed by atoms with E-state index in [9.17, 15) is 22.8 Å². The van der Waals surface area contributed by atoms with E-state index in [1.807, 2.05) is 10.8 Å². The molecule has 168 valence electrons. The maximum absolute atomic E-state index is 13.1. The Kier molecular flexibility index (Phi) is 5.62. The number of nitrogens with zero attached hydrogens (tertiary/aromatic N) is 5. The fraction of sp³-hybridized carbons (Fsp3) is 0.364. The second-order valence-corrected chi connectivity index (χ2v) is 7.87. The average molecular weight is 445 g/mol. The summed E-state index contributed by atoms with van der Waals surface area (Å²) in [4.78, 5) is 31.5. The summed E-state index contributed by atoms with van der Waals surface area (Å²) in [5.41, 5.74) is 0.115. The molecule has 2 aromatic heterocycles. The predicted molar refractivity (Wildman–Crippen MR) is 109 cm³/mol. The van der Waals surface area contributed by atoms with Crippen molar-refractivity contribution in [3.8, 4) is 5.69 Å².